The van der Waals surface area contributed by atoms with Gasteiger partial charge < -0.3 is 15.5 Å². The van der Waals surface area contributed by atoms with Gasteiger partial charge in [0.25, 0.3) is 0 Å². The fourth-order valence-electron chi connectivity index (χ4n) is 4.14. The molecule has 0 spiro atoms. The van der Waals surface area contributed by atoms with Gasteiger partial charge in [0.15, 0.2) is 0 Å². The number of nitrogens with two attached hydrogens (primary N) is 1. The first-order valence-electron chi connectivity index (χ1n) is 11.3. The van der Waals surface area contributed by atoms with Crippen LogP contribution in [0.2, 0.25) is 0 Å². The highest BCUT2D eigenvalue weighted by atomic mass is 19.1. The highest BCUT2D eigenvalue weighted by Gasteiger charge is 2.25. The van der Waals surface area contributed by atoms with Crippen LogP contribution in [-0.2, 0) is 0 Å². The summed E-state index contributed by atoms with van der Waals surface area (Å²) < 4.78 is 13.9. The molecule has 0 unspecified atom stereocenters. The van der Waals surface area contributed by atoms with Crippen LogP contribution in [-0.4, -0.2) is 79.7 Å². The number of hydrogen-bond donors (Lipinski definition) is 1. The number of aromatic nitrogens is 3. The first kappa shape index (κ1) is 24.7. The van der Waals surface area contributed by atoms with Crippen molar-refractivity contribution in [2.24, 2.45) is 0 Å². The summed E-state index contributed by atoms with van der Waals surface area (Å²) in [5, 5.41) is -0.503. The number of piperazine rings is 1. The molecule has 4 rings (SSSR count). The lowest BCUT2D eigenvalue weighted by atomic mass is 9.48. The molecule has 0 saturated carbocycles. The summed E-state index contributed by atoms with van der Waals surface area (Å²) in [5.74, 6) is 0.450. The average molecular weight is 460 g/mol. The maximum Gasteiger partial charge on any atom is 0.123 e. The van der Waals surface area contributed by atoms with E-state index in [-0.39, 0.29) is 0 Å². The molecule has 6 radical (unpaired) electrons. The first-order valence-corrected chi connectivity index (χ1v) is 11.3. The summed E-state index contributed by atoms with van der Waals surface area (Å²) in [6.45, 7) is 4.08. The summed E-state index contributed by atoms with van der Waals surface area (Å²) in [6, 6.07) is 9.69. The van der Waals surface area contributed by atoms with E-state index < -0.39 is 5.24 Å². The quantitative estimate of drug-likeness (QED) is 0.451. The van der Waals surface area contributed by atoms with Crippen LogP contribution < -0.4 is 5.73 Å². The number of halogens is 1. The van der Waals surface area contributed by atoms with Crippen LogP contribution in [0.4, 0.5) is 10.2 Å². The van der Waals surface area contributed by atoms with Gasteiger partial charge >= 0.3 is 0 Å². The Bertz CT molecular complexity index is 1290. The van der Waals surface area contributed by atoms with Gasteiger partial charge in [0, 0.05) is 37.8 Å². The van der Waals surface area contributed by atoms with E-state index in [2.05, 4.69) is 15.0 Å². The Kier molecular flexibility index (Phi) is 7.41. The molecular weight excluding hydrogens is 436 g/mol. The fraction of sp³-hybridized carbons (Fsp3) is 0.240. The standard InChI is InChI=1S/C25H24B3FN6/c1-2-17(3-5-20(15-29)34-9-11-35(12-10-34)25(26,27)28)24-21-13-18(4-6-22(21)32-16-33-24)19-7-8-31-23(30)14-19/h2-8,13-16H,9-12H2,1H3,(H2,30,31)/b5-3-,17-2+,20-15-. The zero-order chi connectivity index (χ0) is 25.0. The second-order valence-electron chi connectivity index (χ2n) is 8.40. The Labute approximate surface area is 209 Å². The van der Waals surface area contributed by atoms with E-state index in [1.807, 2.05) is 54.3 Å². The van der Waals surface area contributed by atoms with E-state index in [4.69, 9.17) is 29.3 Å². The molecule has 6 nitrogen and oxygen atoms in total. The number of hydrogen-bond acceptors (Lipinski definition) is 6. The van der Waals surface area contributed by atoms with E-state index >= 15 is 0 Å². The fourth-order valence-corrected chi connectivity index (χ4v) is 4.14. The minimum Gasteiger partial charge on any atom is -0.384 e. The summed E-state index contributed by atoms with van der Waals surface area (Å²) in [4.78, 5) is 16.7. The van der Waals surface area contributed by atoms with Crippen LogP contribution in [0.5, 0.6) is 0 Å². The normalized spacial score (nSPS) is 16.3. The molecule has 0 amide bonds. The molecule has 3 aromatic rings. The Morgan fingerprint density at radius 3 is 2.40 bits per heavy atom. The predicted octanol–water partition coefficient (Wildman–Crippen LogP) is 2.78. The average Bonchev–Trinajstić information content (AvgIpc) is 2.86. The lowest BCUT2D eigenvalue weighted by molar-refractivity contribution is 0.158. The van der Waals surface area contributed by atoms with Crippen molar-refractivity contribution in [3.8, 4) is 11.1 Å². The number of anilines is 1. The third-order valence-corrected chi connectivity index (χ3v) is 6.07. The molecule has 1 aliphatic rings. The molecule has 1 aromatic carbocycles. The van der Waals surface area contributed by atoms with E-state index in [1.165, 1.54) is 6.33 Å². The second kappa shape index (κ2) is 10.5. The number of rotatable bonds is 6. The molecular formula is C25H24B3FN6. The number of benzene rings is 1. The van der Waals surface area contributed by atoms with Gasteiger partial charge in [-0.05, 0) is 54.0 Å². The minimum absolute atomic E-state index is 0.450. The summed E-state index contributed by atoms with van der Waals surface area (Å²) in [7, 11) is 17.3. The van der Waals surface area contributed by atoms with Crippen LogP contribution in [0.15, 0.2) is 73.1 Å². The summed E-state index contributed by atoms with van der Waals surface area (Å²) in [6.07, 6.45) is 9.35. The Morgan fingerprint density at radius 1 is 1.00 bits per heavy atom. The van der Waals surface area contributed by atoms with Gasteiger partial charge in [-0.3, -0.25) is 0 Å². The van der Waals surface area contributed by atoms with Gasteiger partial charge in [-0.25, -0.2) is 19.3 Å². The van der Waals surface area contributed by atoms with Gasteiger partial charge in [0.1, 0.15) is 18.5 Å². The van der Waals surface area contributed by atoms with Crippen molar-refractivity contribution in [3.63, 3.8) is 0 Å². The van der Waals surface area contributed by atoms with Crippen molar-refractivity contribution in [1.29, 1.82) is 0 Å². The van der Waals surface area contributed by atoms with Crippen LogP contribution in [0.3, 0.4) is 0 Å². The molecule has 0 bridgehead atoms. The smallest absolute Gasteiger partial charge is 0.123 e. The zero-order valence-electron chi connectivity index (χ0n) is 19.6. The van der Waals surface area contributed by atoms with Gasteiger partial charge in [-0.2, -0.15) is 0 Å². The Morgan fingerprint density at radius 2 is 1.74 bits per heavy atom. The van der Waals surface area contributed by atoms with Gasteiger partial charge in [-0.1, -0.05) is 23.5 Å². The van der Waals surface area contributed by atoms with Crippen molar-refractivity contribution in [3.05, 3.63) is 78.8 Å². The maximum atomic E-state index is 13.9. The van der Waals surface area contributed by atoms with Crippen LogP contribution in [0.1, 0.15) is 12.6 Å². The van der Waals surface area contributed by atoms with Crippen molar-refractivity contribution >= 4 is 45.8 Å². The van der Waals surface area contributed by atoms with E-state index in [1.54, 1.807) is 17.2 Å². The van der Waals surface area contributed by atoms with Crippen molar-refractivity contribution in [2.75, 3.05) is 31.9 Å². The van der Waals surface area contributed by atoms with Crippen molar-refractivity contribution in [1.82, 2.24) is 24.8 Å². The third-order valence-electron chi connectivity index (χ3n) is 6.07. The van der Waals surface area contributed by atoms with Crippen molar-refractivity contribution in [2.45, 2.75) is 12.2 Å². The lowest BCUT2D eigenvalue weighted by Gasteiger charge is -2.44. The lowest BCUT2D eigenvalue weighted by Crippen LogP contribution is -2.58. The third kappa shape index (κ3) is 5.65. The molecule has 35 heavy (non-hydrogen) atoms. The molecule has 1 saturated heterocycles. The summed E-state index contributed by atoms with van der Waals surface area (Å²) in [5.41, 5.74) is 10.6. The molecule has 3 heterocycles. The largest absolute Gasteiger partial charge is 0.384 e. The number of allylic oxidation sites excluding steroid dienone is 4. The molecule has 10 heteroatoms. The monoisotopic (exact) mass is 460 g/mol. The number of nitrogen functional groups attached to an aromatic ring is 1. The Balaban J connectivity index is 1.60. The molecule has 170 valence electrons. The predicted molar refractivity (Wildman–Crippen MR) is 142 cm³/mol. The Hall–Kier alpha value is -3.39. The van der Waals surface area contributed by atoms with Crippen LogP contribution in [0, 0.1) is 0 Å². The second-order valence-corrected chi connectivity index (χ2v) is 8.40. The molecule has 1 aliphatic heterocycles. The number of pyridine rings is 1. The molecule has 0 atom stereocenters. The maximum absolute atomic E-state index is 13.9. The summed E-state index contributed by atoms with van der Waals surface area (Å²) >= 11 is 0. The van der Waals surface area contributed by atoms with Crippen molar-refractivity contribution < 1.29 is 4.39 Å². The van der Waals surface area contributed by atoms with Crippen LogP contribution >= 0.6 is 0 Å². The molecule has 2 N–H and O–H groups in total. The van der Waals surface area contributed by atoms with E-state index in [9.17, 15) is 4.39 Å². The first-order chi connectivity index (χ1) is 16.8. The van der Waals surface area contributed by atoms with Gasteiger partial charge in [0.05, 0.1) is 40.4 Å². The van der Waals surface area contributed by atoms with E-state index in [0.717, 1.165) is 33.3 Å². The number of fused-ring (bicyclic) bond motifs is 1. The SMILES string of the molecule is [B]C([B])([B])N1CCN(C(/C=C\C(=C/C)c2ncnc3ccc(-c4ccnc(N)c4)cc23)=C\F)CC1. The molecule has 1 fully saturated rings. The minimum atomic E-state index is -1.38. The number of nitrogens with zero attached hydrogens (tertiary/aromatic N) is 5. The van der Waals surface area contributed by atoms with Gasteiger partial charge in [0.2, 0.25) is 0 Å². The zero-order valence-corrected chi connectivity index (χ0v) is 19.6. The topological polar surface area (TPSA) is 71.2 Å². The molecule has 2 aromatic heterocycles. The van der Waals surface area contributed by atoms with Crippen LogP contribution in [0.25, 0.3) is 27.6 Å². The van der Waals surface area contributed by atoms with Gasteiger partial charge in [-0.15, -0.1) is 0 Å². The highest BCUT2D eigenvalue weighted by molar-refractivity contribution is 6.59. The van der Waals surface area contributed by atoms with E-state index in [0.29, 0.717) is 44.0 Å². The highest BCUT2D eigenvalue weighted by Crippen LogP contribution is 2.29. The molecule has 0 aliphatic carbocycles.